The van der Waals surface area contributed by atoms with Crippen molar-refractivity contribution in [3.8, 4) is 0 Å². The van der Waals surface area contributed by atoms with Crippen LogP contribution in [-0.2, 0) is 22.6 Å². The van der Waals surface area contributed by atoms with Crippen LogP contribution in [0, 0.1) is 6.92 Å². The maximum Gasteiger partial charge on any atom is 0.118 e. The van der Waals surface area contributed by atoms with Crippen molar-refractivity contribution >= 4 is 0 Å². The summed E-state index contributed by atoms with van der Waals surface area (Å²) >= 11 is 0. The molecule has 1 N–H and O–H groups in total. The van der Waals surface area contributed by atoms with Gasteiger partial charge in [-0.3, -0.25) is 0 Å². The number of methoxy groups -OCH3 is 1. The fourth-order valence-corrected chi connectivity index (χ4v) is 1.72. The van der Waals surface area contributed by atoms with Gasteiger partial charge in [-0.05, 0) is 33.3 Å². The summed E-state index contributed by atoms with van der Waals surface area (Å²) in [4.78, 5) is 0. The van der Waals surface area contributed by atoms with E-state index in [0.717, 1.165) is 30.0 Å². The molecule has 1 heterocycles. The van der Waals surface area contributed by atoms with Gasteiger partial charge in [-0.15, -0.1) is 0 Å². The van der Waals surface area contributed by atoms with E-state index in [0.29, 0.717) is 19.3 Å². The zero-order valence-corrected chi connectivity index (χ0v) is 13.7. The zero-order chi connectivity index (χ0) is 15.2. The Morgan fingerprint density at radius 2 is 2.05 bits per heavy atom. The predicted octanol–water partition coefficient (Wildman–Crippen LogP) is 3.42. The number of aryl methyl sites for hydroxylation is 1. The molecule has 0 saturated carbocycles. The molecular weight excluding hydrogens is 254 g/mol. The molecule has 0 fully saturated rings. The average molecular weight is 283 g/mol. The molecule has 20 heavy (non-hydrogen) atoms. The Morgan fingerprint density at radius 3 is 2.65 bits per heavy atom. The van der Waals surface area contributed by atoms with E-state index in [1.54, 1.807) is 7.11 Å². The van der Waals surface area contributed by atoms with Gasteiger partial charge in [0, 0.05) is 25.3 Å². The molecule has 0 aliphatic carbocycles. The van der Waals surface area contributed by atoms with E-state index in [-0.39, 0.29) is 5.60 Å². The molecular formula is C16H29NO3. The molecule has 0 atom stereocenters. The smallest absolute Gasteiger partial charge is 0.118 e. The van der Waals surface area contributed by atoms with Crippen molar-refractivity contribution in [2.45, 2.75) is 65.8 Å². The molecule has 0 aromatic carbocycles. The van der Waals surface area contributed by atoms with E-state index in [4.69, 9.17) is 13.9 Å². The maximum absolute atomic E-state index is 5.72. The summed E-state index contributed by atoms with van der Waals surface area (Å²) in [6, 6.07) is 2.53. The number of nitrogens with one attached hydrogen (secondary N) is 1. The second-order valence-corrected chi connectivity index (χ2v) is 6.10. The molecule has 1 rings (SSSR count). The Bertz CT molecular complexity index is 396. The molecule has 0 aliphatic heterocycles. The van der Waals surface area contributed by atoms with Crippen LogP contribution in [0.2, 0.25) is 0 Å². The largest absolute Gasteiger partial charge is 0.465 e. The second kappa shape index (κ2) is 7.81. The van der Waals surface area contributed by atoms with Crippen molar-refractivity contribution in [1.82, 2.24) is 5.32 Å². The predicted molar refractivity (Wildman–Crippen MR) is 80.8 cm³/mol. The van der Waals surface area contributed by atoms with E-state index in [2.05, 4.69) is 39.1 Å². The third kappa shape index (κ3) is 6.07. The lowest BCUT2D eigenvalue weighted by Gasteiger charge is -2.22. The van der Waals surface area contributed by atoms with Crippen LogP contribution < -0.4 is 5.32 Å². The van der Waals surface area contributed by atoms with E-state index in [1.807, 2.05) is 6.92 Å². The monoisotopic (exact) mass is 283 g/mol. The number of hydrogen-bond acceptors (Lipinski definition) is 4. The second-order valence-electron chi connectivity index (χ2n) is 6.10. The van der Waals surface area contributed by atoms with E-state index >= 15 is 0 Å². The number of furan rings is 1. The van der Waals surface area contributed by atoms with Gasteiger partial charge in [-0.2, -0.15) is 0 Å². The number of rotatable bonds is 9. The first kappa shape index (κ1) is 17.2. The lowest BCUT2D eigenvalue weighted by molar-refractivity contribution is -0.0125. The van der Waals surface area contributed by atoms with Crippen LogP contribution in [0.1, 0.15) is 51.2 Å². The van der Waals surface area contributed by atoms with Crippen molar-refractivity contribution < 1.29 is 13.9 Å². The van der Waals surface area contributed by atoms with Crippen molar-refractivity contribution in [2.24, 2.45) is 0 Å². The molecule has 0 radical (unpaired) electrons. The van der Waals surface area contributed by atoms with Crippen molar-refractivity contribution in [3.63, 3.8) is 0 Å². The Hall–Kier alpha value is -0.840. The Labute approximate surface area is 122 Å². The molecule has 116 valence electrons. The minimum Gasteiger partial charge on any atom is -0.465 e. The molecule has 4 nitrogen and oxygen atoms in total. The van der Waals surface area contributed by atoms with Gasteiger partial charge in [0.25, 0.3) is 0 Å². The topological polar surface area (TPSA) is 43.6 Å². The zero-order valence-electron chi connectivity index (χ0n) is 13.7. The van der Waals surface area contributed by atoms with Gasteiger partial charge in [0.05, 0.1) is 18.8 Å². The van der Waals surface area contributed by atoms with E-state index in [1.165, 1.54) is 0 Å². The van der Waals surface area contributed by atoms with Gasteiger partial charge in [-0.1, -0.05) is 13.8 Å². The summed E-state index contributed by atoms with van der Waals surface area (Å²) in [5.74, 6) is 1.91. The highest BCUT2D eigenvalue weighted by Crippen LogP contribution is 2.17. The number of ether oxygens (including phenoxy) is 2. The number of hydrogen-bond donors (Lipinski definition) is 1. The van der Waals surface area contributed by atoms with Crippen LogP contribution in [0.15, 0.2) is 10.5 Å². The molecule has 0 amide bonds. The standard InChI is InChI=1S/C16H29NO3/c1-12(2)17-10-15-9-14(13(3)20-15)11-19-8-7-16(4,5)18-6/h9,12,17H,7-8,10-11H2,1-6H3. The van der Waals surface area contributed by atoms with Gasteiger partial charge in [-0.25, -0.2) is 0 Å². The fourth-order valence-electron chi connectivity index (χ4n) is 1.72. The summed E-state index contributed by atoms with van der Waals surface area (Å²) in [5.41, 5.74) is 0.999. The van der Waals surface area contributed by atoms with Gasteiger partial charge in [0.2, 0.25) is 0 Å². The maximum atomic E-state index is 5.72. The first-order valence-electron chi connectivity index (χ1n) is 7.28. The average Bonchev–Trinajstić information content (AvgIpc) is 2.73. The quantitative estimate of drug-likeness (QED) is 0.705. The minimum absolute atomic E-state index is 0.127. The molecule has 1 aromatic heterocycles. The minimum atomic E-state index is -0.127. The molecule has 0 spiro atoms. The first-order chi connectivity index (χ1) is 9.34. The van der Waals surface area contributed by atoms with Crippen molar-refractivity contribution in [1.29, 1.82) is 0 Å². The first-order valence-corrected chi connectivity index (χ1v) is 7.28. The summed E-state index contributed by atoms with van der Waals surface area (Å²) in [7, 11) is 1.73. The third-order valence-electron chi connectivity index (χ3n) is 3.41. The van der Waals surface area contributed by atoms with Gasteiger partial charge in [0.1, 0.15) is 11.5 Å². The molecule has 4 heteroatoms. The van der Waals surface area contributed by atoms with Crippen LogP contribution in [0.4, 0.5) is 0 Å². The molecule has 0 bridgehead atoms. The summed E-state index contributed by atoms with van der Waals surface area (Å²) in [5, 5.41) is 3.35. The van der Waals surface area contributed by atoms with Gasteiger partial charge >= 0.3 is 0 Å². The van der Waals surface area contributed by atoms with Crippen LogP contribution in [0.25, 0.3) is 0 Å². The Balaban J connectivity index is 2.37. The molecule has 1 aromatic rings. The Morgan fingerprint density at radius 1 is 1.35 bits per heavy atom. The van der Waals surface area contributed by atoms with Crippen LogP contribution >= 0.6 is 0 Å². The van der Waals surface area contributed by atoms with Crippen LogP contribution in [0.3, 0.4) is 0 Å². The van der Waals surface area contributed by atoms with E-state index in [9.17, 15) is 0 Å². The SMILES string of the molecule is COC(C)(C)CCOCc1cc(CNC(C)C)oc1C. The summed E-state index contributed by atoms with van der Waals surface area (Å²) in [6.07, 6.45) is 0.877. The molecule has 0 saturated heterocycles. The normalized spacial score (nSPS) is 12.3. The fraction of sp³-hybridized carbons (Fsp3) is 0.750. The summed E-state index contributed by atoms with van der Waals surface area (Å²) in [6.45, 7) is 12.4. The lowest BCUT2D eigenvalue weighted by atomic mass is 10.1. The Kier molecular flexibility index (Phi) is 6.72. The van der Waals surface area contributed by atoms with E-state index < -0.39 is 0 Å². The molecule has 0 unspecified atom stereocenters. The van der Waals surface area contributed by atoms with Gasteiger partial charge in [0.15, 0.2) is 0 Å². The van der Waals surface area contributed by atoms with Crippen LogP contribution in [0.5, 0.6) is 0 Å². The van der Waals surface area contributed by atoms with Crippen LogP contribution in [-0.4, -0.2) is 25.4 Å². The lowest BCUT2D eigenvalue weighted by Crippen LogP contribution is -2.24. The highest BCUT2D eigenvalue weighted by Gasteiger charge is 2.16. The highest BCUT2D eigenvalue weighted by atomic mass is 16.5. The summed E-state index contributed by atoms with van der Waals surface area (Å²) < 4.78 is 16.8. The molecule has 0 aliphatic rings. The highest BCUT2D eigenvalue weighted by molar-refractivity contribution is 5.19. The van der Waals surface area contributed by atoms with Gasteiger partial charge < -0.3 is 19.2 Å². The third-order valence-corrected chi connectivity index (χ3v) is 3.41. The van der Waals surface area contributed by atoms with Crippen molar-refractivity contribution in [2.75, 3.05) is 13.7 Å². The van der Waals surface area contributed by atoms with Crippen molar-refractivity contribution in [3.05, 3.63) is 23.2 Å².